The van der Waals surface area contributed by atoms with Gasteiger partial charge in [0.05, 0.1) is 6.61 Å². The molecule has 1 atom stereocenters. The lowest BCUT2D eigenvalue weighted by atomic mass is 9.91. The molecule has 0 spiro atoms. The van der Waals surface area contributed by atoms with Gasteiger partial charge < -0.3 is 15.0 Å². The van der Waals surface area contributed by atoms with Crippen LogP contribution >= 0.6 is 0 Å². The predicted molar refractivity (Wildman–Crippen MR) is 82.8 cm³/mol. The van der Waals surface area contributed by atoms with Gasteiger partial charge in [-0.2, -0.15) is 0 Å². The lowest BCUT2D eigenvalue weighted by Gasteiger charge is -2.35. The SMILES string of the molecule is CCCNC(C)(CCCN(C)C1CCC1)C(=O)OCC. The molecule has 0 radical (unpaired) electrons. The molecule has 1 unspecified atom stereocenters. The van der Waals surface area contributed by atoms with Gasteiger partial charge in [-0.3, -0.25) is 4.79 Å². The van der Waals surface area contributed by atoms with E-state index in [1.54, 1.807) is 0 Å². The van der Waals surface area contributed by atoms with Crippen LogP contribution in [0, 0.1) is 0 Å². The van der Waals surface area contributed by atoms with Crippen molar-refractivity contribution in [1.29, 1.82) is 0 Å². The Kier molecular flexibility index (Phi) is 7.52. The predicted octanol–water partition coefficient (Wildman–Crippen LogP) is 2.57. The highest BCUT2D eigenvalue weighted by Crippen LogP contribution is 2.24. The monoisotopic (exact) mass is 284 g/mol. The van der Waals surface area contributed by atoms with Gasteiger partial charge in [-0.05, 0) is 66.1 Å². The number of nitrogens with one attached hydrogen (secondary N) is 1. The number of ether oxygens (including phenoxy) is 1. The number of esters is 1. The van der Waals surface area contributed by atoms with Crippen LogP contribution in [0.2, 0.25) is 0 Å². The standard InChI is InChI=1S/C16H32N2O2/c1-5-12-17-16(3,15(19)20-6-2)11-8-13-18(4)14-9-7-10-14/h14,17H,5-13H2,1-4H3. The van der Waals surface area contributed by atoms with E-state index in [1.165, 1.54) is 19.3 Å². The molecular formula is C16H32N2O2. The smallest absolute Gasteiger partial charge is 0.326 e. The maximum atomic E-state index is 12.1. The summed E-state index contributed by atoms with van der Waals surface area (Å²) in [6.07, 6.45) is 6.92. The van der Waals surface area contributed by atoms with Crippen LogP contribution in [0.4, 0.5) is 0 Å². The van der Waals surface area contributed by atoms with E-state index in [4.69, 9.17) is 4.74 Å². The second-order valence-electron chi connectivity index (χ2n) is 6.15. The molecule has 1 aliphatic rings. The van der Waals surface area contributed by atoms with Crippen LogP contribution in [0.3, 0.4) is 0 Å². The van der Waals surface area contributed by atoms with Gasteiger partial charge in [-0.1, -0.05) is 13.3 Å². The maximum absolute atomic E-state index is 12.1. The van der Waals surface area contributed by atoms with Gasteiger partial charge in [-0.15, -0.1) is 0 Å². The Morgan fingerprint density at radius 3 is 2.60 bits per heavy atom. The minimum atomic E-state index is -0.535. The highest BCUT2D eigenvalue weighted by Gasteiger charge is 2.33. The number of nitrogens with zero attached hydrogens (tertiary/aromatic N) is 1. The van der Waals surface area contributed by atoms with Crippen LogP contribution in [0.15, 0.2) is 0 Å². The molecule has 0 bridgehead atoms. The number of carbonyl (C=O) groups excluding carboxylic acids is 1. The Balaban J connectivity index is 2.40. The Morgan fingerprint density at radius 1 is 1.40 bits per heavy atom. The molecular weight excluding hydrogens is 252 g/mol. The molecule has 4 heteroatoms. The zero-order chi connectivity index (χ0) is 15.0. The molecule has 0 aromatic rings. The minimum Gasteiger partial charge on any atom is -0.465 e. The highest BCUT2D eigenvalue weighted by molar-refractivity contribution is 5.80. The van der Waals surface area contributed by atoms with E-state index in [1.807, 2.05) is 13.8 Å². The lowest BCUT2D eigenvalue weighted by Crippen LogP contribution is -2.51. The molecule has 0 aliphatic heterocycles. The third kappa shape index (κ3) is 5.06. The van der Waals surface area contributed by atoms with Crippen molar-refractivity contribution in [2.45, 2.75) is 70.9 Å². The Hall–Kier alpha value is -0.610. The van der Waals surface area contributed by atoms with Gasteiger partial charge in [0.15, 0.2) is 0 Å². The summed E-state index contributed by atoms with van der Waals surface area (Å²) in [5.74, 6) is -0.111. The van der Waals surface area contributed by atoms with E-state index in [-0.39, 0.29) is 5.97 Å². The molecule has 1 saturated carbocycles. The van der Waals surface area contributed by atoms with E-state index in [2.05, 4.69) is 24.2 Å². The fourth-order valence-corrected chi connectivity index (χ4v) is 2.65. The van der Waals surface area contributed by atoms with E-state index < -0.39 is 5.54 Å². The number of hydrogen-bond donors (Lipinski definition) is 1. The molecule has 1 aliphatic carbocycles. The first-order valence-corrected chi connectivity index (χ1v) is 8.16. The molecule has 118 valence electrons. The van der Waals surface area contributed by atoms with Crippen molar-refractivity contribution in [3.63, 3.8) is 0 Å². The topological polar surface area (TPSA) is 41.6 Å². The number of carbonyl (C=O) groups is 1. The fourth-order valence-electron chi connectivity index (χ4n) is 2.65. The number of rotatable bonds is 10. The van der Waals surface area contributed by atoms with Crippen LogP contribution in [0.1, 0.15) is 59.3 Å². The lowest BCUT2D eigenvalue weighted by molar-refractivity contribution is -0.150. The second-order valence-corrected chi connectivity index (χ2v) is 6.15. The van der Waals surface area contributed by atoms with Crippen LogP contribution in [0.5, 0.6) is 0 Å². The molecule has 1 N–H and O–H groups in total. The van der Waals surface area contributed by atoms with E-state index in [0.717, 1.165) is 38.4 Å². The highest BCUT2D eigenvalue weighted by atomic mass is 16.5. The summed E-state index contributed by atoms with van der Waals surface area (Å²) >= 11 is 0. The zero-order valence-electron chi connectivity index (χ0n) is 13.7. The van der Waals surface area contributed by atoms with Crippen molar-refractivity contribution in [3.05, 3.63) is 0 Å². The van der Waals surface area contributed by atoms with Crippen molar-refractivity contribution >= 4 is 5.97 Å². The fraction of sp³-hybridized carbons (Fsp3) is 0.938. The number of hydrogen-bond acceptors (Lipinski definition) is 4. The molecule has 20 heavy (non-hydrogen) atoms. The molecule has 0 aromatic heterocycles. The van der Waals surface area contributed by atoms with Gasteiger partial charge in [0.2, 0.25) is 0 Å². The van der Waals surface area contributed by atoms with Gasteiger partial charge >= 0.3 is 5.97 Å². The van der Waals surface area contributed by atoms with Gasteiger partial charge in [0.1, 0.15) is 5.54 Å². The van der Waals surface area contributed by atoms with Crippen molar-refractivity contribution in [2.24, 2.45) is 0 Å². The molecule has 1 rings (SSSR count). The summed E-state index contributed by atoms with van der Waals surface area (Å²) < 4.78 is 5.23. The molecule has 0 amide bonds. The summed E-state index contributed by atoms with van der Waals surface area (Å²) in [5.41, 5.74) is -0.535. The Labute approximate surface area is 124 Å². The molecule has 0 saturated heterocycles. The van der Waals surface area contributed by atoms with Gasteiger partial charge in [-0.25, -0.2) is 0 Å². The second kappa shape index (κ2) is 8.63. The van der Waals surface area contributed by atoms with Crippen LogP contribution in [0.25, 0.3) is 0 Å². The first-order chi connectivity index (χ1) is 9.53. The van der Waals surface area contributed by atoms with E-state index in [0.29, 0.717) is 6.61 Å². The maximum Gasteiger partial charge on any atom is 0.326 e. The van der Waals surface area contributed by atoms with Gasteiger partial charge in [0.25, 0.3) is 0 Å². The summed E-state index contributed by atoms with van der Waals surface area (Å²) in [7, 11) is 2.20. The normalized spacial score (nSPS) is 18.6. The Bertz CT molecular complexity index is 292. The average molecular weight is 284 g/mol. The molecule has 0 aromatic carbocycles. The molecule has 1 fully saturated rings. The van der Waals surface area contributed by atoms with E-state index in [9.17, 15) is 4.79 Å². The van der Waals surface area contributed by atoms with Crippen molar-refractivity contribution in [2.75, 3.05) is 26.7 Å². The van der Waals surface area contributed by atoms with E-state index >= 15 is 0 Å². The average Bonchev–Trinajstić information content (AvgIpc) is 2.34. The summed E-state index contributed by atoms with van der Waals surface area (Å²) in [6, 6.07) is 0.771. The minimum absolute atomic E-state index is 0.111. The largest absolute Gasteiger partial charge is 0.465 e. The third-order valence-electron chi connectivity index (χ3n) is 4.38. The molecule has 4 nitrogen and oxygen atoms in total. The van der Waals surface area contributed by atoms with Crippen molar-refractivity contribution in [1.82, 2.24) is 10.2 Å². The van der Waals surface area contributed by atoms with Crippen molar-refractivity contribution in [3.8, 4) is 0 Å². The first kappa shape index (κ1) is 17.4. The Morgan fingerprint density at radius 2 is 2.10 bits per heavy atom. The summed E-state index contributed by atoms with van der Waals surface area (Å²) in [6.45, 7) is 8.32. The van der Waals surface area contributed by atoms with Crippen LogP contribution in [-0.4, -0.2) is 49.2 Å². The summed E-state index contributed by atoms with van der Waals surface area (Å²) in [5, 5.41) is 3.37. The quantitative estimate of drug-likeness (QED) is 0.626. The third-order valence-corrected chi connectivity index (χ3v) is 4.38. The molecule has 0 heterocycles. The summed E-state index contributed by atoms with van der Waals surface area (Å²) in [4.78, 5) is 14.6. The van der Waals surface area contributed by atoms with Crippen LogP contribution < -0.4 is 5.32 Å². The van der Waals surface area contributed by atoms with Crippen LogP contribution in [-0.2, 0) is 9.53 Å². The first-order valence-electron chi connectivity index (χ1n) is 8.16. The van der Waals surface area contributed by atoms with Gasteiger partial charge in [0, 0.05) is 6.04 Å². The van der Waals surface area contributed by atoms with Crippen molar-refractivity contribution < 1.29 is 9.53 Å². The zero-order valence-corrected chi connectivity index (χ0v) is 13.7.